The summed E-state index contributed by atoms with van der Waals surface area (Å²) in [6, 6.07) is 5.95. The lowest BCUT2D eigenvalue weighted by molar-refractivity contribution is 0.477. The molecule has 9 heteroatoms. The summed E-state index contributed by atoms with van der Waals surface area (Å²) in [5.41, 5.74) is 3.70. The minimum atomic E-state index is -0.217. The van der Waals surface area contributed by atoms with Crippen molar-refractivity contribution in [2.45, 2.75) is 19.4 Å². The van der Waals surface area contributed by atoms with Gasteiger partial charge in [-0.05, 0) is 18.2 Å². The second kappa shape index (κ2) is 5.32. The van der Waals surface area contributed by atoms with Gasteiger partial charge in [-0.2, -0.15) is 5.10 Å². The van der Waals surface area contributed by atoms with Gasteiger partial charge in [0.1, 0.15) is 6.04 Å². The van der Waals surface area contributed by atoms with Gasteiger partial charge in [0.25, 0.3) is 0 Å². The van der Waals surface area contributed by atoms with Crippen molar-refractivity contribution < 1.29 is 4.42 Å². The third-order valence-corrected chi connectivity index (χ3v) is 4.75. The van der Waals surface area contributed by atoms with Crippen molar-refractivity contribution in [3.63, 3.8) is 0 Å². The smallest absolute Gasteiger partial charge is 0.319 e. The minimum absolute atomic E-state index is 0.217. The molecule has 1 atom stereocenters. The molecular weight excluding hydrogens is 342 g/mol. The predicted molar refractivity (Wildman–Crippen MR) is 90.7 cm³/mol. The number of imidazole rings is 1. The van der Waals surface area contributed by atoms with Gasteiger partial charge in [0.15, 0.2) is 0 Å². The molecular formula is C16H14ClN7O. The van der Waals surface area contributed by atoms with Gasteiger partial charge in [-0.1, -0.05) is 16.7 Å². The van der Waals surface area contributed by atoms with Crippen LogP contribution in [0.25, 0.3) is 5.52 Å². The molecule has 1 aliphatic rings. The van der Waals surface area contributed by atoms with E-state index in [1.54, 1.807) is 17.8 Å². The van der Waals surface area contributed by atoms with Crippen LogP contribution in [-0.4, -0.2) is 36.3 Å². The van der Waals surface area contributed by atoms with E-state index in [2.05, 4.69) is 20.2 Å². The number of H-pyrrole nitrogens is 1. The molecule has 126 valence electrons. The molecule has 0 unspecified atom stereocenters. The Labute approximate surface area is 147 Å². The number of hydrogen-bond donors (Lipinski definition) is 1. The first kappa shape index (κ1) is 14.5. The fourth-order valence-electron chi connectivity index (χ4n) is 3.32. The van der Waals surface area contributed by atoms with Crippen LogP contribution in [0.2, 0.25) is 5.02 Å². The lowest BCUT2D eigenvalue weighted by atomic mass is 10.0. The topological polar surface area (TPSA) is 88.1 Å². The van der Waals surface area contributed by atoms with Gasteiger partial charge >= 0.3 is 6.01 Å². The van der Waals surface area contributed by atoms with E-state index in [9.17, 15) is 0 Å². The zero-order chi connectivity index (χ0) is 17.0. The number of aromatic amines is 1. The van der Waals surface area contributed by atoms with E-state index < -0.39 is 0 Å². The molecule has 0 bridgehead atoms. The Morgan fingerprint density at radius 2 is 2.28 bits per heavy atom. The zero-order valence-corrected chi connectivity index (χ0v) is 14.1. The van der Waals surface area contributed by atoms with Crippen LogP contribution in [0.3, 0.4) is 0 Å². The molecule has 0 aromatic carbocycles. The molecule has 1 aliphatic heterocycles. The van der Waals surface area contributed by atoms with E-state index in [0.29, 0.717) is 16.9 Å². The van der Waals surface area contributed by atoms with Crippen LogP contribution in [0.15, 0.2) is 35.1 Å². The largest absolute Gasteiger partial charge is 0.408 e. The van der Waals surface area contributed by atoms with Crippen molar-refractivity contribution in [1.29, 1.82) is 0 Å². The predicted octanol–water partition coefficient (Wildman–Crippen LogP) is 2.55. The molecule has 5 rings (SSSR count). The maximum absolute atomic E-state index is 6.31. The number of anilines is 1. The van der Waals surface area contributed by atoms with E-state index in [0.717, 1.165) is 35.6 Å². The SMILES string of the molecule is Cc1nnc(N2CCc3[nH]cnc3[C@@H]2c2cc3c(Cl)cccn3n2)o1. The fraction of sp³-hybridized carbons (Fsp3) is 0.250. The van der Waals surface area contributed by atoms with E-state index >= 15 is 0 Å². The molecule has 8 nitrogen and oxygen atoms in total. The molecule has 4 aromatic rings. The summed E-state index contributed by atoms with van der Waals surface area (Å²) in [6.07, 6.45) is 4.41. The zero-order valence-electron chi connectivity index (χ0n) is 13.3. The standard InChI is InChI=1S/C16H14ClN7O/c1-9-20-21-16(25-9)23-6-4-11-14(19-8-18-11)15(23)12-7-13-10(17)3-2-5-24(13)22-12/h2-3,5,7-8,15H,4,6H2,1H3,(H,18,19)/t15-/m0/s1. The van der Waals surface area contributed by atoms with Crippen LogP contribution >= 0.6 is 11.6 Å². The lowest BCUT2D eigenvalue weighted by Crippen LogP contribution is -2.36. The minimum Gasteiger partial charge on any atom is -0.408 e. The van der Waals surface area contributed by atoms with Gasteiger partial charge in [0.05, 0.1) is 28.3 Å². The van der Waals surface area contributed by atoms with Crippen LogP contribution in [0.4, 0.5) is 6.01 Å². The molecule has 4 aromatic heterocycles. The highest BCUT2D eigenvalue weighted by molar-refractivity contribution is 6.33. The van der Waals surface area contributed by atoms with Crippen LogP contribution < -0.4 is 4.90 Å². The first-order valence-electron chi connectivity index (χ1n) is 7.93. The Hall–Kier alpha value is -2.87. The number of pyridine rings is 1. The lowest BCUT2D eigenvalue weighted by Gasteiger charge is -2.32. The van der Waals surface area contributed by atoms with Crippen LogP contribution in [0, 0.1) is 6.92 Å². The van der Waals surface area contributed by atoms with Gasteiger partial charge in [-0.3, -0.25) is 0 Å². The third kappa shape index (κ3) is 2.21. The van der Waals surface area contributed by atoms with Gasteiger partial charge in [0, 0.05) is 31.8 Å². The summed E-state index contributed by atoms with van der Waals surface area (Å²) in [7, 11) is 0. The molecule has 0 aliphatic carbocycles. The van der Waals surface area contributed by atoms with Crippen molar-refractivity contribution in [3.05, 3.63) is 58.7 Å². The number of hydrogen-bond acceptors (Lipinski definition) is 6. The summed E-state index contributed by atoms with van der Waals surface area (Å²) in [6.45, 7) is 2.50. The maximum Gasteiger partial charge on any atom is 0.319 e. The number of aromatic nitrogens is 6. The Bertz CT molecular complexity index is 1070. The summed E-state index contributed by atoms with van der Waals surface area (Å²) in [4.78, 5) is 9.78. The van der Waals surface area contributed by atoms with Crippen LogP contribution in [-0.2, 0) is 6.42 Å². The first-order valence-corrected chi connectivity index (χ1v) is 8.31. The summed E-state index contributed by atoms with van der Waals surface area (Å²) in [5, 5.41) is 13.5. The molecule has 0 saturated carbocycles. The molecule has 5 heterocycles. The quantitative estimate of drug-likeness (QED) is 0.594. The van der Waals surface area contributed by atoms with Crippen LogP contribution in [0.5, 0.6) is 0 Å². The van der Waals surface area contributed by atoms with Crippen molar-refractivity contribution in [3.8, 4) is 0 Å². The van der Waals surface area contributed by atoms with E-state index in [4.69, 9.17) is 21.1 Å². The highest BCUT2D eigenvalue weighted by Gasteiger charge is 2.35. The average Bonchev–Trinajstić information content (AvgIpc) is 3.32. The number of aryl methyl sites for hydroxylation is 1. The fourth-order valence-corrected chi connectivity index (χ4v) is 3.53. The summed E-state index contributed by atoms with van der Waals surface area (Å²) in [5.74, 6) is 0.527. The van der Waals surface area contributed by atoms with E-state index in [1.165, 1.54) is 0 Å². The van der Waals surface area contributed by atoms with Crippen LogP contribution in [0.1, 0.15) is 29.0 Å². The number of halogens is 1. The highest BCUT2D eigenvalue weighted by atomic mass is 35.5. The van der Waals surface area contributed by atoms with Crippen molar-refractivity contribution in [2.24, 2.45) is 0 Å². The second-order valence-corrected chi connectivity index (χ2v) is 6.38. The van der Waals surface area contributed by atoms with Gasteiger partial charge in [-0.15, -0.1) is 5.10 Å². The molecule has 0 radical (unpaired) electrons. The van der Waals surface area contributed by atoms with Crippen molar-refractivity contribution in [2.75, 3.05) is 11.4 Å². The molecule has 0 saturated heterocycles. The number of rotatable bonds is 2. The summed E-state index contributed by atoms with van der Waals surface area (Å²) < 4.78 is 7.44. The molecule has 0 amide bonds. The van der Waals surface area contributed by atoms with Gasteiger partial charge in [-0.25, -0.2) is 9.50 Å². The van der Waals surface area contributed by atoms with Gasteiger partial charge in [0.2, 0.25) is 5.89 Å². The summed E-state index contributed by atoms with van der Waals surface area (Å²) >= 11 is 6.31. The second-order valence-electron chi connectivity index (χ2n) is 5.97. The molecule has 0 spiro atoms. The number of fused-ring (bicyclic) bond motifs is 2. The van der Waals surface area contributed by atoms with Crippen molar-refractivity contribution in [1.82, 2.24) is 29.8 Å². The van der Waals surface area contributed by atoms with E-state index in [-0.39, 0.29) is 6.04 Å². The molecule has 1 N–H and O–H groups in total. The highest BCUT2D eigenvalue weighted by Crippen LogP contribution is 2.36. The Morgan fingerprint density at radius 1 is 1.36 bits per heavy atom. The Balaban J connectivity index is 1.69. The third-order valence-electron chi connectivity index (χ3n) is 4.44. The molecule has 25 heavy (non-hydrogen) atoms. The Kier molecular flexibility index (Phi) is 3.08. The van der Waals surface area contributed by atoms with E-state index in [1.807, 2.05) is 29.3 Å². The number of nitrogens with zero attached hydrogens (tertiary/aromatic N) is 6. The normalized spacial score (nSPS) is 17.2. The maximum atomic E-state index is 6.31. The number of nitrogens with one attached hydrogen (secondary N) is 1. The molecule has 0 fully saturated rings. The first-order chi connectivity index (χ1) is 12.2. The van der Waals surface area contributed by atoms with Crippen molar-refractivity contribution >= 4 is 23.1 Å². The monoisotopic (exact) mass is 355 g/mol. The Morgan fingerprint density at radius 3 is 3.08 bits per heavy atom. The van der Waals surface area contributed by atoms with Gasteiger partial charge < -0.3 is 14.3 Å². The average molecular weight is 356 g/mol.